The minimum atomic E-state index is -0.0327. The van der Waals surface area contributed by atoms with E-state index < -0.39 is 0 Å². The maximum absolute atomic E-state index is 12.1. The molecule has 0 aliphatic carbocycles. The van der Waals surface area contributed by atoms with E-state index >= 15 is 0 Å². The van der Waals surface area contributed by atoms with Gasteiger partial charge in [-0.3, -0.25) is 4.79 Å². The van der Waals surface area contributed by atoms with Crippen molar-refractivity contribution in [2.75, 3.05) is 6.61 Å². The summed E-state index contributed by atoms with van der Waals surface area (Å²) in [7, 11) is 0. The second kappa shape index (κ2) is 6.20. The molecule has 0 aliphatic heterocycles. The number of Topliss-reactive ketones (excluding diaryl/α,β-unsaturated/α-hetero) is 1. The van der Waals surface area contributed by atoms with E-state index in [1.54, 1.807) is 0 Å². The summed E-state index contributed by atoms with van der Waals surface area (Å²) in [6.07, 6.45) is 0. The minimum Gasteiger partial charge on any atom is -0.485 e. The maximum Gasteiger partial charge on any atom is 0.202 e. The summed E-state index contributed by atoms with van der Waals surface area (Å²) >= 11 is 8.23. The van der Waals surface area contributed by atoms with Gasteiger partial charge in [-0.1, -0.05) is 12.1 Å². The first kappa shape index (κ1) is 14.8. The third-order valence-electron chi connectivity index (χ3n) is 2.87. The Kier molecular flexibility index (Phi) is 4.81. The van der Waals surface area contributed by atoms with Crippen LogP contribution < -0.4 is 4.74 Å². The van der Waals surface area contributed by atoms with Crippen molar-refractivity contribution in [3.63, 3.8) is 0 Å². The van der Waals surface area contributed by atoms with E-state index in [0.29, 0.717) is 5.56 Å². The van der Waals surface area contributed by atoms with E-state index in [0.717, 1.165) is 24.4 Å². The number of ether oxygens (including phenoxy) is 1. The minimum absolute atomic E-state index is 0.0327. The Labute approximate surface area is 133 Å². The summed E-state index contributed by atoms with van der Waals surface area (Å²) in [5, 5.41) is 0. The Morgan fingerprint density at radius 3 is 2.68 bits per heavy atom. The maximum atomic E-state index is 12.1. The smallest absolute Gasteiger partial charge is 0.202 e. The molecule has 0 N–H and O–H groups in total. The van der Waals surface area contributed by atoms with Gasteiger partial charge in [-0.2, -0.15) is 0 Å². The monoisotopic (exact) mass is 402 g/mol. The van der Waals surface area contributed by atoms with E-state index in [9.17, 15) is 4.79 Å². The molecule has 1 aromatic carbocycles. The van der Waals surface area contributed by atoms with Gasteiger partial charge in [0.05, 0.1) is 7.57 Å². The van der Waals surface area contributed by atoms with E-state index in [2.05, 4.69) is 31.9 Å². The Balaban J connectivity index is 2.09. The molecule has 1 aromatic heterocycles. The van der Waals surface area contributed by atoms with Crippen LogP contribution in [0.3, 0.4) is 0 Å². The predicted octanol–water partition coefficient (Wildman–Crippen LogP) is 5.15. The van der Waals surface area contributed by atoms with E-state index in [1.165, 1.54) is 11.3 Å². The normalized spacial score (nSPS) is 10.5. The molecule has 2 nitrogen and oxygen atoms in total. The number of rotatable bonds is 4. The average Bonchev–Trinajstić information content (AvgIpc) is 2.70. The fourth-order valence-corrected chi connectivity index (χ4v) is 4.49. The van der Waals surface area contributed by atoms with Gasteiger partial charge in [-0.25, -0.2) is 0 Å². The van der Waals surface area contributed by atoms with Crippen LogP contribution >= 0.6 is 43.2 Å². The molecule has 0 fully saturated rings. The Bertz CT molecular complexity index is 620. The van der Waals surface area contributed by atoms with Crippen LogP contribution in [0.1, 0.15) is 21.5 Å². The zero-order valence-corrected chi connectivity index (χ0v) is 14.5. The molecule has 1 heterocycles. The first-order chi connectivity index (χ1) is 8.99. The molecule has 5 heteroatoms. The molecule has 19 heavy (non-hydrogen) atoms. The summed E-state index contributed by atoms with van der Waals surface area (Å²) in [5.41, 5.74) is 2.88. The quantitative estimate of drug-likeness (QED) is 0.659. The predicted molar refractivity (Wildman–Crippen MR) is 85.5 cm³/mol. The van der Waals surface area contributed by atoms with Crippen molar-refractivity contribution in [2.45, 2.75) is 13.8 Å². The number of hydrogen-bond donors (Lipinski definition) is 0. The van der Waals surface area contributed by atoms with Crippen LogP contribution in [0.2, 0.25) is 0 Å². The van der Waals surface area contributed by atoms with Crippen LogP contribution in [0.15, 0.2) is 31.8 Å². The second-order valence-electron chi connectivity index (χ2n) is 4.15. The van der Waals surface area contributed by atoms with Crippen LogP contribution in [0.25, 0.3) is 0 Å². The molecule has 0 unspecified atom stereocenters. The largest absolute Gasteiger partial charge is 0.485 e. The fourth-order valence-electron chi connectivity index (χ4n) is 1.63. The van der Waals surface area contributed by atoms with Crippen LogP contribution in [0.5, 0.6) is 5.75 Å². The van der Waals surface area contributed by atoms with Gasteiger partial charge in [0.1, 0.15) is 5.75 Å². The first-order valence-corrected chi connectivity index (χ1v) is 8.06. The van der Waals surface area contributed by atoms with Crippen molar-refractivity contribution in [1.82, 2.24) is 0 Å². The van der Waals surface area contributed by atoms with Crippen LogP contribution in [-0.2, 0) is 0 Å². The van der Waals surface area contributed by atoms with E-state index in [-0.39, 0.29) is 12.4 Å². The van der Waals surface area contributed by atoms with Crippen LogP contribution in [0, 0.1) is 13.8 Å². The van der Waals surface area contributed by atoms with Gasteiger partial charge in [0, 0.05) is 5.56 Å². The molecule has 100 valence electrons. The lowest BCUT2D eigenvalue weighted by atomic mass is 10.1. The molecule has 2 aromatic rings. The molecule has 0 atom stereocenters. The third kappa shape index (κ3) is 3.46. The van der Waals surface area contributed by atoms with Crippen LogP contribution in [0.4, 0.5) is 0 Å². The fraction of sp³-hybridized carbons (Fsp3) is 0.214. The Morgan fingerprint density at radius 2 is 2.05 bits per heavy atom. The van der Waals surface area contributed by atoms with Crippen molar-refractivity contribution in [3.05, 3.63) is 48.5 Å². The Hall–Kier alpha value is -0.650. The lowest BCUT2D eigenvalue weighted by molar-refractivity contribution is 0.0921. The highest BCUT2D eigenvalue weighted by Gasteiger charge is 2.14. The number of carbonyl (C=O) groups excluding carboxylic acids is 1. The average molecular weight is 404 g/mol. The number of thiophene rings is 1. The number of aryl methyl sites for hydroxylation is 1. The highest BCUT2D eigenvalue weighted by molar-refractivity contribution is 9.12. The molecular weight excluding hydrogens is 392 g/mol. The number of carbonyl (C=O) groups is 1. The van der Waals surface area contributed by atoms with Gasteiger partial charge in [-0.15, -0.1) is 11.3 Å². The molecule has 0 saturated carbocycles. The number of ketones is 1. The standard InChI is InChI=1S/C14H12Br2O2S/c1-8-4-3-5-12(9(8)2)18-7-11(17)10-6-13(15)19-14(10)16/h3-6H,7H2,1-2H3. The number of hydrogen-bond acceptors (Lipinski definition) is 3. The van der Waals surface area contributed by atoms with E-state index in [1.807, 2.05) is 38.1 Å². The second-order valence-corrected chi connectivity index (χ2v) is 7.90. The molecular formula is C14H12Br2O2S. The molecule has 0 bridgehead atoms. The summed E-state index contributed by atoms with van der Waals surface area (Å²) in [6, 6.07) is 7.65. The lowest BCUT2D eigenvalue weighted by Crippen LogP contribution is -2.12. The molecule has 0 aliphatic rings. The van der Waals surface area contributed by atoms with Gasteiger partial charge in [0.15, 0.2) is 6.61 Å². The zero-order valence-electron chi connectivity index (χ0n) is 10.5. The van der Waals surface area contributed by atoms with Crippen molar-refractivity contribution in [2.24, 2.45) is 0 Å². The summed E-state index contributed by atoms with van der Waals surface area (Å²) in [5.74, 6) is 0.730. The number of benzene rings is 1. The van der Waals surface area contributed by atoms with Crippen molar-refractivity contribution in [3.8, 4) is 5.75 Å². The topological polar surface area (TPSA) is 26.3 Å². The Morgan fingerprint density at radius 1 is 1.32 bits per heavy atom. The van der Waals surface area contributed by atoms with Crippen molar-refractivity contribution in [1.29, 1.82) is 0 Å². The SMILES string of the molecule is Cc1cccc(OCC(=O)c2cc(Br)sc2Br)c1C. The van der Waals surface area contributed by atoms with Gasteiger partial charge >= 0.3 is 0 Å². The summed E-state index contributed by atoms with van der Waals surface area (Å²) in [6.45, 7) is 4.06. The lowest BCUT2D eigenvalue weighted by Gasteiger charge is -2.09. The third-order valence-corrected chi connectivity index (χ3v) is 5.21. The zero-order chi connectivity index (χ0) is 14.0. The van der Waals surface area contributed by atoms with Crippen LogP contribution in [-0.4, -0.2) is 12.4 Å². The van der Waals surface area contributed by atoms with Crippen molar-refractivity contribution < 1.29 is 9.53 Å². The summed E-state index contributed by atoms with van der Waals surface area (Å²) in [4.78, 5) is 12.1. The molecule has 0 amide bonds. The van der Waals surface area contributed by atoms with Gasteiger partial charge < -0.3 is 4.74 Å². The van der Waals surface area contributed by atoms with Gasteiger partial charge in [0.25, 0.3) is 0 Å². The summed E-state index contributed by atoms with van der Waals surface area (Å²) < 4.78 is 7.37. The highest BCUT2D eigenvalue weighted by Crippen LogP contribution is 2.32. The highest BCUT2D eigenvalue weighted by atomic mass is 79.9. The van der Waals surface area contributed by atoms with Gasteiger partial charge in [0.2, 0.25) is 5.78 Å². The first-order valence-electron chi connectivity index (χ1n) is 5.66. The molecule has 0 spiro atoms. The van der Waals surface area contributed by atoms with Crippen molar-refractivity contribution >= 4 is 49.0 Å². The number of halogens is 2. The molecule has 2 rings (SSSR count). The molecule has 0 radical (unpaired) electrons. The molecule has 0 saturated heterocycles. The van der Waals surface area contributed by atoms with E-state index in [4.69, 9.17) is 4.74 Å². The van der Waals surface area contributed by atoms with Gasteiger partial charge in [-0.05, 0) is 69.0 Å².